The second kappa shape index (κ2) is 7.66. The van der Waals surface area contributed by atoms with Crippen LogP contribution in [0.15, 0.2) is 50.8 Å². The van der Waals surface area contributed by atoms with Gasteiger partial charge in [-0.25, -0.2) is 4.99 Å². The van der Waals surface area contributed by atoms with Crippen LogP contribution < -0.4 is 19.5 Å². The number of nitrogens with one attached hydrogen (secondary N) is 1. The van der Waals surface area contributed by atoms with Gasteiger partial charge in [0, 0.05) is 16.1 Å². The number of halogens is 1. The largest absolute Gasteiger partial charge is 0.493 e. The van der Waals surface area contributed by atoms with Gasteiger partial charge < -0.3 is 19.5 Å². The maximum absolute atomic E-state index is 12.4. The third kappa shape index (κ3) is 3.96. The van der Waals surface area contributed by atoms with Crippen LogP contribution in [-0.4, -0.2) is 24.5 Å². The van der Waals surface area contributed by atoms with Crippen molar-refractivity contribution in [3.63, 3.8) is 0 Å². The van der Waals surface area contributed by atoms with E-state index < -0.39 is 0 Å². The molecule has 1 N–H and O–H groups in total. The first-order chi connectivity index (χ1) is 13.1. The van der Waals surface area contributed by atoms with E-state index in [4.69, 9.17) is 14.2 Å². The Bertz CT molecular complexity index is 957. The molecule has 0 atom stereocenters. The lowest BCUT2D eigenvalue weighted by Gasteiger charge is -2.09. The number of amides is 1. The normalized spacial score (nSPS) is 18.2. The number of carbonyl (C=O) groups is 1. The lowest BCUT2D eigenvalue weighted by molar-refractivity contribution is -0.115. The van der Waals surface area contributed by atoms with Crippen molar-refractivity contribution in [1.29, 1.82) is 0 Å². The van der Waals surface area contributed by atoms with Gasteiger partial charge in [-0.05, 0) is 55.1 Å². The van der Waals surface area contributed by atoms with E-state index in [0.717, 1.165) is 15.7 Å². The second-order valence-electron chi connectivity index (χ2n) is 5.63. The number of hydrogen-bond acceptors (Lipinski definition) is 6. The van der Waals surface area contributed by atoms with Crippen LogP contribution in [0, 0.1) is 0 Å². The molecule has 4 rings (SSSR count). The zero-order chi connectivity index (χ0) is 18.8. The Morgan fingerprint density at radius 1 is 1.26 bits per heavy atom. The third-order valence-electron chi connectivity index (χ3n) is 3.80. The Hall–Kier alpha value is -2.45. The molecule has 2 aromatic carbocycles. The molecule has 2 heterocycles. The summed E-state index contributed by atoms with van der Waals surface area (Å²) in [5, 5.41) is 3.32. The highest BCUT2D eigenvalue weighted by atomic mass is 79.9. The Morgan fingerprint density at radius 3 is 2.74 bits per heavy atom. The van der Waals surface area contributed by atoms with E-state index in [1.807, 2.05) is 37.3 Å². The van der Waals surface area contributed by atoms with Crippen molar-refractivity contribution >= 4 is 50.5 Å². The van der Waals surface area contributed by atoms with Crippen LogP contribution in [0.3, 0.4) is 0 Å². The van der Waals surface area contributed by atoms with Crippen molar-refractivity contribution in [2.24, 2.45) is 4.99 Å². The summed E-state index contributed by atoms with van der Waals surface area (Å²) in [6, 6.07) is 11.1. The predicted molar refractivity (Wildman–Crippen MR) is 109 cm³/mol. The summed E-state index contributed by atoms with van der Waals surface area (Å²) in [5.41, 5.74) is 1.52. The third-order valence-corrected chi connectivity index (χ3v) is 5.24. The minimum atomic E-state index is -0.198. The van der Waals surface area contributed by atoms with Gasteiger partial charge in [0.25, 0.3) is 5.91 Å². The molecule has 6 nitrogen and oxygen atoms in total. The van der Waals surface area contributed by atoms with E-state index in [2.05, 4.69) is 26.2 Å². The molecule has 2 aromatic rings. The number of amidine groups is 1. The maximum Gasteiger partial charge on any atom is 0.264 e. The average Bonchev–Trinajstić information content (AvgIpc) is 3.23. The molecule has 1 fully saturated rings. The van der Waals surface area contributed by atoms with Crippen molar-refractivity contribution in [3.8, 4) is 17.2 Å². The number of nitrogens with zero attached hydrogens (tertiary/aromatic N) is 1. The number of aliphatic imine (C=N–C) groups is 1. The van der Waals surface area contributed by atoms with E-state index >= 15 is 0 Å². The number of carbonyl (C=O) groups excluding carboxylic acids is 1. The highest BCUT2D eigenvalue weighted by Gasteiger charge is 2.25. The summed E-state index contributed by atoms with van der Waals surface area (Å²) in [4.78, 5) is 17.4. The topological polar surface area (TPSA) is 69.2 Å². The molecule has 0 radical (unpaired) electrons. The summed E-state index contributed by atoms with van der Waals surface area (Å²) in [6.07, 6.45) is 1.77. The molecular formula is C19H15BrN2O4S. The van der Waals surface area contributed by atoms with Crippen LogP contribution in [0.1, 0.15) is 12.5 Å². The number of fused-ring (bicyclic) bond motifs is 1. The first-order valence-corrected chi connectivity index (χ1v) is 9.85. The minimum Gasteiger partial charge on any atom is -0.493 e. The summed E-state index contributed by atoms with van der Waals surface area (Å²) in [7, 11) is 0. The van der Waals surface area contributed by atoms with Crippen LogP contribution >= 0.6 is 27.7 Å². The Balaban J connectivity index is 1.62. The number of rotatable bonds is 4. The van der Waals surface area contributed by atoms with Crippen LogP contribution in [-0.2, 0) is 4.79 Å². The standard InChI is InChI=1S/C19H15BrN2O4S/c1-2-24-14-9-16-15(25-10-26-16)7-11(14)8-17-18(23)22-19(27-17)21-13-5-3-12(20)4-6-13/h3-9H,2,10H2,1H3,(H,21,22,23)/b17-8+. The van der Waals surface area contributed by atoms with Crippen molar-refractivity contribution in [2.75, 3.05) is 13.4 Å². The Labute approximate surface area is 168 Å². The zero-order valence-corrected chi connectivity index (χ0v) is 16.7. The Kier molecular flexibility index (Phi) is 5.09. The van der Waals surface area contributed by atoms with Crippen molar-refractivity contribution in [3.05, 3.63) is 51.3 Å². The van der Waals surface area contributed by atoms with Crippen LogP contribution in [0.2, 0.25) is 0 Å². The first-order valence-electron chi connectivity index (χ1n) is 8.24. The molecule has 0 unspecified atom stereocenters. The smallest absolute Gasteiger partial charge is 0.264 e. The van der Waals surface area contributed by atoms with Crippen LogP contribution in [0.5, 0.6) is 17.2 Å². The summed E-state index contributed by atoms with van der Waals surface area (Å²) < 4.78 is 17.5. The van der Waals surface area contributed by atoms with E-state index in [-0.39, 0.29) is 12.7 Å². The fourth-order valence-corrected chi connectivity index (χ4v) is 3.68. The average molecular weight is 447 g/mol. The van der Waals surface area contributed by atoms with E-state index in [9.17, 15) is 4.79 Å². The zero-order valence-electron chi connectivity index (χ0n) is 14.3. The second-order valence-corrected chi connectivity index (χ2v) is 7.58. The van der Waals surface area contributed by atoms with Crippen molar-refractivity contribution < 1.29 is 19.0 Å². The molecule has 0 bridgehead atoms. The molecule has 0 spiro atoms. The number of benzene rings is 2. The predicted octanol–water partition coefficient (Wildman–Crippen LogP) is 4.47. The fourth-order valence-electron chi connectivity index (χ4n) is 2.59. The summed E-state index contributed by atoms with van der Waals surface area (Å²) >= 11 is 4.68. The van der Waals surface area contributed by atoms with Gasteiger partial charge in [0.1, 0.15) is 5.75 Å². The number of thioether (sulfide) groups is 1. The van der Waals surface area contributed by atoms with Gasteiger partial charge in [0.15, 0.2) is 16.7 Å². The molecule has 2 aliphatic rings. The van der Waals surface area contributed by atoms with Gasteiger partial charge in [-0.15, -0.1) is 0 Å². The number of ether oxygens (including phenoxy) is 3. The van der Waals surface area contributed by atoms with Crippen molar-refractivity contribution in [2.45, 2.75) is 6.92 Å². The molecule has 8 heteroatoms. The Morgan fingerprint density at radius 2 is 2.00 bits per heavy atom. The first kappa shape index (κ1) is 17.9. The molecule has 2 aliphatic heterocycles. The monoisotopic (exact) mass is 446 g/mol. The summed E-state index contributed by atoms with van der Waals surface area (Å²) in [6.45, 7) is 2.59. The van der Waals surface area contributed by atoms with E-state index in [1.165, 1.54) is 11.8 Å². The number of hydrogen-bond donors (Lipinski definition) is 1. The molecular weight excluding hydrogens is 432 g/mol. The molecule has 1 saturated heterocycles. The molecule has 27 heavy (non-hydrogen) atoms. The minimum absolute atomic E-state index is 0.181. The fraction of sp³-hybridized carbons (Fsp3) is 0.158. The molecule has 0 aromatic heterocycles. The quantitative estimate of drug-likeness (QED) is 0.701. The molecule has 0 saturated carbocycles. The van der Waals surface area contributed by atoms with Gasteiger partial charge in [-0.1, -0.05) is 15.9 Å². The van der Waals surface area contributed by atoms with Crippen LogP contribution in [0.4, 0.5) is 5.69 Å². The van der Waals surface area contributed by atoms with Gasteiger partial charge in [0.2, 0.25) is 6.79 Å². The lowest BCUT2D eigenvalue weighted by Crippen LogP contribution is -2.19. The van der Waals surface area contributed by atoms with Crippen LogP contribution in [0.25, 0.3) is 6.08 Å². The summed E-state index contributed by atoms with van der Waals surface area (Å²) in [5.74, 6) is 1.72. The van der Waals surface area contributed by atoms with Gasteiger partial charge >= 0.3 is 0 Å². The SMILES string of the molecule is CCOc1cc2c(cc1/C=C1/SC(=Nc3ccc(Br)cc3)NC1=O)OCO2. The molecule has 138 valence electrons. The van der Waals surface area contributed by atoms with Gasteiger partial charge in [-0.2, -0.15) is 0 Å². The van der Waals surface area contributed by atoms with E-state index in [1.54, 1.807) is 12.1 Å². The highest BCUT2D eigenvalue weighted by Crippen LogP contribution is 2.40. The molecule has 0 aliphatic carbocycles. The van der Waals surface area contributed by atoms with E-state index in [0.29, 0.717) is 33.9 Å². The maximum atomic E-state index is 12.4. The van der Waals surface area contributed by atoms with Gasteiger partial charge in [0.05, 0.1) is 17.2 Å². The lowest BCUT2D eigenvalue weighted by atomic mass is 10.1. The van der Waals surface area contributed by atoms with Gasteiger partial charge in [-0.3, -0.25) is 4.79 Å². The van der Waals surface area contributed by atoms with Crippen molar-refractivity contribution in [1.82, 2.24) is 5.32 Å². The highest BCUT2D eigenvalue weighted by molar-refractivity contribution is 9.10. The molecule has 1 amide bonds.